The number of methoxy groups -OCH3 is 1. The molecule has 0 radical (unpaired) electrons. The van der Waals surface area contributed by atoms with Crippen molar-refractivity contribution in [2.24, 2.45) is 0 Å². The Morgan fingerprint density at radius 1 is 1.12 bits per heavy atom. The van der Waals surface area contributed by atoms with Crippen molar-refractivity contribution in [1.82, 2.24) is 5.32 Å². The number of carbonyl (C=O) groups excluding carboxylic acids is 1. The number of hydrogen-bond acceptors (Lipinski definition) is 5. The monoisotopic (exact) mass is 377 g/mol. The van der Waals surface area contributed by atoms with Gasteiger partial charge in [0.1, 0.15) is 0 Å². The van der Waals surface area contributed by atoms with E-state index in [1.807, 2.05) is 0 Å². The van der Waals surface area contributed by atoms with Gasteiger partial charge in [0.2, 0.25) is 5.91 Å². The molecule has 0 atom stereocenters. The zero-order valence-electron chi connectivity index (χ0n) is 14.8. The first-order chi connectivity index (χ1) is 12.4. The number of hydrogen-bond donors (Lipinski definition) is 3. The van der Waals surface area contributed by atoms with Crippen LogP contribution >= 0.6 is 0 Å². The normalized spacial score (nSPS) is 11.2. The van der Waals surface area contributed by atoms with E-state index >= 15 is 0 Å². The van der Waals surface area contributed by atoms with E-state index in [4.69, 9.17) is 4.74 Å². The molecule has 2 aromatic rings. The molecular formula is C18H23N3O4S. The molecule has 0 aliphatic rings. The summed E-state index contributed by atoms with van der Waals surface area (Å²) in [7, 11) is -2.10. The molecule has 26 heavy (non-hydrogen) atoms. The largest absolute Gasteiger partial charge is 0.383 e. The summed E-state index contributed by atoms with van der Waals surface area (Å²) in [4.78, 5) is 12.1. The summed E-state index contributed by atoms with van der Waals surface area (Å²) < 4.78 is 32.4. The van der Waals surface area contributed by atoms with Crippen LogP contribution in [-0.2, 0) is 19.6 Å². The first-order valence-corrected chi connectivity index (χ1v) is 9.59. The molecule has 0 spiro atoms. The summed E-state index contributed by atoms with van der Waals surface area (Å²) in [5, 5.41) is 5.68. The zero-order chi connectivity index (χ0) is 19.0. The predicted molar refractivity (Wildman–Crippen MR) is 102 cm³/mol. The second-order valence-corrected chi connectivity index (χ2v) is 7.35. The molecule has 3 N–H and O–H groups in total. The molecule has 0 saturated heterocycles. The van der Waals surface area contributed by atoms with Gasteiger partial charge in [-0.15, -0.1) is 0 Å². The van der Waals surface area contributed by atoms with Crippen LogP contribution in [0.3, 0.4) is 0 Å². The lowest BCUT2D eigenvalue weighted by Gasteiger charge is -2.13. The molecule has 1 amide bonds. The minimum atomic E-state index is -3.69. The molecule has 7 nitrogen and oxygen atoms in total. The smallest absolute Gasteiger partial charge is 0.261 e. The summed E-state index contributed by atoms with van der Waals surface area (Å²) in [6.45, 7) is 3.02. The first-order valence-electron chi connectivity index (χ1n) is 8.10. The number of benzene rings is 2. The summed E-state index contributed by atoms with van der Waals surface area (Å²) >= 11 is 0. The van der Waals surface area contributed by atoms with E-state index in [0.717, 1.165) is 5.56 Å². The van der Waals surface area contributed by atoms with Crippen molar-refractivity contribution in [3.05, 3.63) is 54.1 Å². The number of rotatable bonds is 9. The van der Waals surface area contributed by atoms with E-state index in [-0.39, 0.29) is 17.3 Å². The Kier molecular flexibility index (Phi) is 7.14. The van der Waals surface area contributed by atoms with E-state index < -0.39 is 10.0 Å². The highest BCUT2D eigenvalue weighted by molar-refractivity contribution is 7.92. The van der Waals surface area contributed by atoms with E-state index in [9.17, 15) is 13.2 Å². The van der Waals surface area contributed by atoms with Gasteiger partial charge in [-0.3, -0.25) is 9.52 Å². The summed E-state index contributed by atoms with van der Waals surface area (Å²) in [6.07, 6.45) is 0. The lowest BCUT2D eigenvalue weighted by molar-refractivity contribution is -0.115. The van der Waals surface area contributed by atoms with Crippen LogP contribution in [0.2, 0.25) is 0 Å². The van der Waals surface area contributed by atoms with E-state index in [1.165, 1.54) is 12.1 Å². The van der Waals surface area contributed by atoms with Crippen molar-refractivity contribution in [1.29, 1.82) is 0 Å². The molecule has 0 aliphatic carbocycles. The standard InChI is InChI=1S/C18H23N3O4S/c1-14-8-9-15(20-18(22)13-19-10-11-25-2)12-17(14)21-26(23,24)16-6-4-3-5-7-16/h3-9,12,19,21H,10-11,13H2,1-2H3,(H,20,22). The van der Waals surface area contributed by atoms with Crippen molar-refractivity contribution in [2.75, 3.05) is 36.8 Å². The lowest BCUT2D eigenvalue weighted by Crippen LogP contribution is -2.30. The minimum absolute atomic E-state index is 0.141. The number of sulfonamides is 1. The molecule has 0 fully saturated rings. The van der Waals surface area contributed by atoms with Gasteiger partial charge < -0.3 is 15.4 Å². The Morgan fingerprint density at radius 3 is 2.54 bits per heavy atom. The molecule has 2 aromatic carbocycles. The molecule has 0 bridgehead atoms. The number of anilines is 2. The Hall–Kier alpha value is -2.42. The summed E-state index contributed by atoms with van der Waals surface area (Å²) in [5.41, 5.74) is 1.68. The predicted octanol–water partition coefficient (Wildman–Crippen LogP) is 1.97. The zero-order valence-corrected chi connectivity index (χ0v) is 15.6. The summed E-state index contributed by atoms with van der Waals surface area (Å²) in [6, 6.07) is 13.2. The van der Waals surface area contributed by atoms with Crippen LogP contribution < -0.4 is 15.4 Å². The van der Waals surface area contributed by atoms with Crippen molar-refractivity contribution in [3.8, 4) is 0 Å². The second-order valence-electron chi connectivity index (χ2n) is 5.67. The average Bonchev–Trinajstić information content (AvgIpc) is 2.62. The highest BCUT2D eigenvalue weighted by Gasteiger charge is 2.15. The molecule has 0 unspecified atom stereocenters. The molecule has 0 heterocycles. The third-order valence-corrected chi connectivity index (χ3v) is 4.97. The Balaban J connectivity index is 2.06. The fraction of sp³-hybridized carbons (Fsp3) is 0.278. The fourth-order valence-corrected chi connectivity index (χ4v) is 3.34. The lowest BCUT2D eigenvalue weighted by atomic mass is 10.2. The fourth-order valence-electron chi connectivity index (χ4n) is 2.19. The number of amides is 1. The number of aryl methyl sites for hydroxylation is 1. The van der Waals surface area contributed by atoms with Gasteiger partial charge in [0.05, 0.1) is 23.7 Å². The van der Waals surface area contributed by atoms with E-state index in [1.54, 1.807) is 50.4 Å². The molecule has 0 saturated carbocycles. The van der Waals surface area contributed by atoms with Crippen LogP contribution in [0.5, 0.6) is 0 Å². The van der Waals surface area contributed by atoms with Gasteiger partial charge in [-0.1, -0.05) is 24.3 Å². The molecule has 0 aromatic heterocycles. The van der Waals surface area contributed by atoms with Gasteiger partial charge >= 0.3 is 0 Å². The van der Waals surface area contributed by atoms with Gasteiger partial charge in [-0.2, -0.15) is 0 Å². The van der Waals surface area contributed by atoms with E-state index in [2.05, 4.69) is 15.4 Å². The van der Waals surface area contributed by atoms with Crippen LogP contribution in [-0.4, -0.2) is 41.1 Å². The van der Waals surface area contributed by atoms with Crippen LogP contribution in [0.4, 0.5) is 11.4 Å². The number of ether oxygens (including phenoxy) is 1. The van der Waals surface area contributed by atoms with Crippen LogP contribution in [0.1, 0.15) is 5.56 Å². The third-order valence-electron chi connectivity index (χ3n) is 3.59. The minimum Gasteiger partial charge on any atom is -0.383 e. The van der Waals surface area contributed by atoms with Crippen molar-refractivity contribution >= 4 is 27.3 Å². The number of nitrogens with one attached hydrogen (secondary N) is 3. The first kappa shape index (κ1) is 19.9. The second kappa shape index (κ2) is 9.33. The van der Waals surface area contributed by atoms with Crippen molar-refractivity contribution < 1.29 is 17.9 Å². The molecular weight excluding hydrogens is 354 g/mol. The molecule has 8 heteroatoms. The van der Waals surface area contributed by atoms with Gasteiger partial charge in [0, 0.05) is 19.3 Å². The van der Waals surface area contributed by atoms with Gasteiger partial charge in [0.15, 0.2) is 0 Å². The average molecular weight is 377 g/mol. The Morgan fingerprint density at radius 2 is 1.85 bits per heavy atom. The maximum atomic E-state index is 12.5. The number of carbonyl (C=O) groups is 1. The van der Waals surface area contributed by atoms with Crippen LogP contribution in [0, 0.1) is 6.92 Å². The highest BCUT2D eigenvalue weighted by Crippen LogP contribution is 2.23. The van der Waals surface area contributed by atoms with E-state index in [0.29, 0.717) is 24.5 Å². The molecule has 140 valence electrons. The van der Waals surface area contributed by atoms with Gasteiger partial charge in [0.25, 0.3) is 10.0 Å². The van der Waals surface area contributed by atoms with Crippen LogP contribution in [0.25, 0.3) is 0 Å². The highest BCUT2D eigenvalue weighted by atomic mass is 32.2. The maximum Gasteiger partial charge on any atom is 0.261 e. The third kappa shape index (κ3) is 5.83. The molecule has 2 rings (SSSR count). The van der Waals surface area contributed by atoms with Crippen LogP contribution in [0.15, 0.2) is 53.4 Å². The van der Waals surface area contributed by atoms with Gasteiger partial charge in [-0.05, 0) is 36.8 Å². The Bertz CT molecular complexity index is 839. The maximum absolute atomic E-state index is 12.5. The Labute approximate surface area is 153 Å². The van der Waals surface area contributed by atoms with Gasteiger partial charge in [-0.25, -0.2) is 8.42 Å². The van der Waals surface area contributed by atoms with Crippen molar-refractivity contribution in [3.63, 3.8) is 0 Å². The summed E-state index contributed by atoms with van der Waals surface area (Å²) in [5.74, 6) is -0.221. The SMILES string of the molecule is COCCNCC(=O)Nc1ccc(C)c(NS(=O)(=O)c2ccccc2)c1. The molecule has 0 aliphatic heterocycles. The van der Waals surface area contributed by atoms with Crippen molar-refractivity contribution in [2.45, 2.75) is 11.8 Å². The topological polar surface area (TPSA) is 96.5 Å². The quantitative estimate of drug-likeness (QED) is 0.581.